The highest BCUT2D eigenvalue weighted by molar-refractivity contribution is 6.99. The maximum Gasteiger partial charge on any atom is 0.261 e. The molecule has 0 aromatic heterocycles. The highest BCUT2D eigenvalue weighted by atomic mass is 28.4. The summed E-state index contributed by atoms with van der Waals surface area (Å²) in [6.45, 7) is 7.39. The van der Waals surface area contributed by atoms with Crippen molar-refractivity contribution in [2.24, 2.45) is 0 Å². The topological polar surface area (TPSA) is 38.7 Å². The average molecular weight is 497 g/mol. The lowest BCUT2D eigenvalue weighted by Crippen LogP contribution is -2.66. The van der Waals surface area contributed by atoms with Crippen molar-refractivity contribution in [2.45, 2.75) is 44.9 Å². The number of methoxy groups -OCH3 is 1. The quantitative estimate of drug-likeness (QED) is 0.287. The van der Waals surface area contributed by atoms with E-state index >= 15 is 0 Å². The fourth-order valence-corrected chi connectivity index (χ4v) is 9.53. The molecule has 0 bridgehead atoms. The van der Waals surface area contributed by atoms with Gasteiger partial charge in [0.25, 0.3) is 8.32 Å². The highest BCUT2D eigenvalue weighted by Gasteiger charge is 2.50. The maximum absolute atomic E-state index is 10.9. The minimum Gasteiger partial charge on any atom is -0.497 e. The third-order valence-corrected chi connectivity index (χ3v) is 11.8. The molecule has 4 rings (SSSR count). The van der Waals surface area contributed by atoms with E-state index in [2.05, 4.69) is 106 Å². The molecule has 4 aromatic carbocycles. The molecule has 36 heavy (non-hydrogen) atoms. The Hall–Kier alpha value is -3.18. The van der Waals surface area contributed by atoms with Crippen LogP contribution in [0.15, 0.2) is 109 Å². The molecule has 4 heteroatoms. The third-order valence-electron chi connectivity index (χ3n) is 6.77. The van der Waals surface area contributed by atoms with Gasteiger partial charge in [0, 0.05) is 6.42 Å². The van der Waals surface area contributed by atoms with Crippen molar-refractivity contribution < 1.29 is 14.3 Å². The first kappa shape index (κ1) is 25.9. The lowest BCUT2D eigenvalue weighted by molar-refractivity contribution is 0.178. The van der Waals surface area contributed by atoms with Crippen molar-refractivity contribution in [3.63, 3.8) is 0 Å². The Kier molecular flexibility index (Phi) is 8.10. The van der Waals surface area contributed by atoms with E-state index in [1.54, 1.807) is 7.11 Å². The Balaban J connectivity index is 1.61. The van der Waals surface area contributed by atoms with Gasteiger partial charge < -0.3 is 14.3 Å². The lowest BCUT2D eigenvalue weighted by atomic mass is 10.00. The smallest absolute Gasteiger partial charge is 0.261 e. The Morgan fingerprint density at radius 3 is 1.89 bits per heavy atom. The molecule has 186 valence electrons. The second-order valence-corrected chi connectivity index (χ2v) is 14.6. The van der Waals surface area contributed by atoms with Crippen LogP contribution in [-0.4, -0.2) is 20.5 Å². The average Bonchev–Trinajstić information content (AvgIpc) is 2.90. The van der Waals surface area contributed by atoms with Crippen LogP contribution in [0, 0.1) is 0 Å². The Morgan fingerprint density at radius 1 is 0.722 bits per heavy atom. The molecule has 0 radical (unpaired) electrons. The van der Waals surface area contributed by atoms with Crippen LogP contribution in [0.1, 0.15) is 43.6 Å². The molecule has 1 unspecified atom stereocenters. The summed E-state index contributed by atoms with van der Waals surface area (Å²) in [6, 6.07) is 37.4. The second-order valence-electron chi connectivity index (χ2n) is 10.3. The van der Waals surface area contributed by atoms with Crippen molar-refractivity contribution in [3.05, 3.63) is 126 Å². The second kappa shape index (κ2) is 11.3. The van der Waals surface area contributed by atoms with Gasteiger partial charge in [0.1, 0.15) is 5.75 Å². The molecule has 1 atom stereocenters. The molecular formula is C32H36O3Si. The van der Waals surface area contributed by atoms with Crippen LogP contribution in [0.25, 0.3) is 0 Å². The Morgan fingerprint density at radius 2 is 1.31 bits per heavy atom. The third kappa shape index (κ3) is 5.62. The van der Waals surface area contributed by atoms with Crippen molar-refractivity contribution in [1.29, 1.82) is 0 Å². The molecule has 3 nitrogen and oxygen atoms in total. The first-order chi connectivity index (χ1) is 17.3. The first-order valence-electron chi connectivity index (χ1n) is 12.5. The van der Waals surface area contributed by atoms with Crippen LogP contribution in [0.4, 0.5) is 0 Å². The minimum atomic E-state index is -2.61. The van der Waals surface area contributed by atoms with E-state index in [-0.39, 0.29) is 5.04 Å². The fraction of sp³-hybridized carbons (Fsp3) is 0.250. The van der Waals surface area contributed by atoms with Crippen molar-refractivity contribution in [1.82, 2.24) is 0 Å². The monoisotopic (exact) mass is 496 g/mol. The van der Waals surface area contributed by atoms with Gasteiger partial charge in [-0.3, -0.25) is 0 Å². The molecule has 0 fully saturated rings. The number of benzene rings is 4. The molecule has 0 aliphatic heterocycles. The summed E-state index contributed by atoms with van der Waals surface area (Å²) in [4.78, 5) is 0. The summed E-state index contributed by atoms with van der Waals surface area (Å²) in [5.74, 6) is 0.749. The van der Waals surface area contributed by atoms with Gasteiger partial charge in [-0.05, 0) is 44.2 Å². The van der Waals surface area contributed by atoms with E-state index in [0.29, 0.717) is 13.0 Å². The van der Waals surface area contributed by atoms with Gasteiger partial charge in [-0.2, -0.15) is 0 Å². The SMILES string of the molecule is COc1cccc(C(O)Cc2cccc(CO[Si](c3ccccc3)(c3ccccc3)C(C)(C)C)c2)c1. The molecule has 0 saturated carbocycles. The maximum atomic E-state index is 10.9. The molecule has 0 heterocycles. The van der Waals surface area contributed by atoms with E-state index in [0.717, 1.165) is 22.4 Å². The summed E-state index contributed by atoms with van der Waals surface area (Å²) in [6.07, 6.45) is -0.0758. The van der Waals surface area contributed by atoms with Crippen LogP contribution < -0.4 is 15.1 Å². The zero-order valence-corrected chi connectivity index (χ0v) is 22.6. The number of hydrogen-bond acceptors (Lipinski definition) is 3. The largest absolute Gasteiger partial charge is 0.497 e. The zero-order chi connectivity index (χ0) is 25.6. The van der Waals surface area contributed by atoms with E-state index in [4.69, 9.17) is 9.16 Å². The number of aliphatic hydroxyl groups excluding tert-OH is 1. The fourth-order valence-electron chi connectivity index (χ4n) is 4.99. The summed E-state index contributed by atoms with van der Waals surface area (Å²) >= 11 is 0. The van der Waals surface area contributed by atoms with Crippen molar-refractivity contribution in [3.8, 4) is 5.75 Å². The highest BCUT2D eigenvalue weighted by Crippen LogP contribution is 2.37. The minimum absolute atomic E-state index is 0.0735. The number of aliphatic hydroxyl groups is 1. The van der Waals surface area contributed by atoms with Gasteiger partial charge in [-0.25, -0.2) is 0 Å². The molecule has 0 spiro atoms. The summed E-state index contributed by atoms with van der Waals surface area (Å²) < 4.78 is 12.4. The van der Waals surface area contributed by atoms with Gasteiger partial charge in [0.2, 0.25) is 0 Å². The zero-order valence-electron chi connectivity index (χ0n) is 21.6. The van der Waals surface area contributed by atoms with Crippen LogP contribution >= 0.6 is 0 Å². The van der Waals surface area contributed by atoms with Gasteiger partial charge >= 0.3 is 0 Å². The number of ether oxygens (including phenoxy) is 1. The Labute approximate surface area is 216 Å². The molecule has 0 amide bonds. The lowest BCUT2D eigenvalue weighted by Gasteiger charge is -2.43. The summed E-state index contributed by atoms with van der Waals surface area (Å²) in [5, 5.41) is 13.3. The van der Waals surface area contributed by atoms with Crippen LogP contribution in [-0.2, 0) is 17.5 Å². The number of hydrogen-bond donors (Lipinski definition) is 1. The van der Waals surface area contributed by atoms with E-state index in [9.17, 15) is 5.11 Å². The Bertz CT molecular complexity index is 1210. The predicted molar refractivity (Wildman–Crippen MR) is 151 cm³/mol. The standard InChI is InChI=1S/C32H36O3Si/c1-32(2,3)36(29-17-7-5-8-18-29,30-19-9-6-10-20-30)35-24-26-14-11-13-25(21-26)22-31(33)27-15-12-16-28(23-27)34-4/h5-21,23,31,33H,22,24H2,1-4H3. The van der Waals surface area contributed by atoms with Crippen LogP contribution in [0.3, 0.4) is 0 Å². The van der Waals surface area contributed by atoms with Gasteiger partial charge in [-0.1, -0.05) is 118 Å². The number of rotatable bonds is 9. The van der Waals surface area contributed by atoms with Gasteiger partial charge in [0.05, 0.1) is 19.8 Å². The van der Waals surface area contributed by atoms with Crippen LogP contribution in [0.5, 0.6) is 5.75 Å². The van der Waals surface area contributed by atoms with Gasteiger partial charge in [0.15, 0.2) is 0 Å². The van der Waals surface area contributed by atoms with E-state index in [1.807, 2.05) is 24.3 Å². The van der Waals surface area contributed by atoms with Crippen LogP contribution in [0.2, 0.25) is 5.04 Å². The molecule has 0 saturated heterocycles. The molecule has 4 aromatic rings. The molecular weight excluding hydrogens is 460 g/mol. The molecule has 1 N–H and O–H groups in total. The van der Waals surface area contributed by atoms with Crippen molar-refractivity contribution in [2.75, 3.05) is 7.11 Å². The normalized spacial score (nSPS) is 12.8. The van der Waals surface area contributed by atoms with Gasteiger partial charge in [-0.15, -0.1) is 0 Å². The van der Waals surface area contributed by atoms with E-state index < -0.39 is 14.4 Å². The van der Waals surface area contributed by atoms with E-state index in [1.165, 1.54) is 10.4 Å². The van der Waals surface area contributed by atoms with Crippen molar-refractivity contribution >= 4 is 18.7 Å². The first-order valence-corrected chi connectivity index (χ1v) is 14.4. The molecule has 0 aliphatic rings. The summed E-state index contributed by atoms with van der Waals surface area (Å²) in [7, 11) is -0.968. The predicted octanol–water partition coefficient (Wildman–Crippen LogP) is 6.05. The molecule has 0 aliphatic carbocycles. The summed E-state index contributed by atoms with van der Waals surface area (Å²) in [5.41, 5.74) is 3.04.